The molecule has 158 valence electrons. The van der Waals surface area contributed by atoms with E-state index in [2.05, 4.69) is 34.7 Å². The number of rotatable bonds is 8. The summed E-state index contributed by atoms with van der Waals surface area (Å²) in [6, 6.07) is 6.86. The van der Waals surface area contributed by atoms with Gasteiger partial charge < -0.3 is 15.0 Å². The first-order chi connectivity index (χ1) is 13.6. The van der Waals surface area contributed by atoms with E-state index in [1.807, 2.05) is 22.9 Å². The lowest BCUT2D eigenvalue weighted by molar-refractivity contribution is 0.0923. The number of ether oxygens (including phenoxy) is 1. The van der Waals surface area contributed by atoms with Crippen molar-refractivity contribution >= 4 is 37.0 Å². The van der Waals surface area contributed by atoms with Crippen LogP contribution in [-0.4, -0.2) is 40.7 Å². The van der Waals surface area contributed by atoms with E-state index < -0.39 is 27.7 Å². The highest BCUT2D eigenvalue weighted by molar-refractivity contribution is 9.10. The standard InChI is InChI=1S/C21H26BrF2N3OS/c1-29(2,3)7-6-28-13-27-5-4-15-11-18(22)20(26-21(15)27)19(25)10-14-8-16(23)12-17(24)9-14/h4-5,8-9,11-12,19H,6-7,10,13,25H2,1-3H3. The molecule has 3 aromatic rings. The zero-order chi connectivity index (χ0) is 21.2. The third-order valence-electron chi connectivity index (χ3n) is 4.52. The first-order valence-electron chi connectivity index (χ1n) is 9.22. The summed E-state index contributed by atoms with van der Waals surface area (Å²) in [6.07, 6.45) is 9.00. The van der Waals surface area contributed by atoms with Gasteiger partial charge in [-0.3, -0.25) is 0 Å². The minimum absolute atomic E-state index is 0.275. The second-order valence-electron chi connectivity index (χ2n) is 7.97. The van der Waals surface area contributed by atoms with Crippen molar-refractivity contribution in [3.8, 4) is 0 Å². The zero-order valence-corrected chi connectivity index (χ0v) is 19.2. The van der Waals surface area contributed by atoms with E-state index in [1.165, 1.54) is 12.1 Å². The summed E-state index contributed by atoms with van der Waals surface area (Å²) in [7, 11) is -0.593. The van der Waals surface area contributed by atoms with Crippen LogP contribution in [0.4, 0.5) is 8.78 Å². The number of hydrogen-bond acceptors (Lipinski definition) is 3. The van der Waals surface area contributed by atoms with Crippen LogP contribution in [0, 0.1) is 11.6 Å². The Morgan fingerprint density at radius 2 is 1.86 bits per heavy atom. The second kappa shape index (κ2) is 9.12. The number of benzene rings is 1. The fourth-order valence-electron chi connectivity index (χ4n) is 3.02. The summed E-state index contributed by atoms with van der Waals surface area (Å²) in [5.41, 5.74) is 8.24. The summed E-state index contributed by atoms with van der Waals surface area (Å²) in [5.74, 6) is -0.179. The molecule has 0 radical (unpaired) electrons. The van der Waals surface area contributed by atoms with Gasteiger partial charge in [-0.2, -0.15) is 0 Å². The van der Waals surface area contributed by atoms with Gasteiger partial charge in [-0.05, 0) is 70.9 Å². The van der Waals surface area contributed by atoms with Gasteiger partial charge >= 0.3 is 0 Å². The van der Waals surface area contributed by atoms with Crippen LogP contribution in [0.1, 0.15) is 17.3 Å². The molecule has 0 bridgehead atoms. The molecule has 3 rings (SSSR count). The van der Waals surface area contributed by atoms with Crippen LogP contribution in [0.15, 0.2) is 41.0 Å². The topological polar surface area (TPSA) is 53.1 Å². The molecule has 4 nitrogen and oxygen atoms in total. The van der Waals surface area contributed by atoms with Crippen molar-refractivity contribution < 1.29 is 13.5 Å². The van der Waals surface area contributed by atoms with Crippen molar-refractivity contribution in [1.29, 1.82) is 0 Å². The number of nitrogens with two attached hydrogens (primary N) is 1. The molecular formula is C21H26BrF2N3OS. The van der Waals surface area contributed by atoms with Gasteiger partial charge in [0.25, 0.3) is 0 Å². The van der Waals surface area contributed by atoms with E-state index in [4.69, 9.17) is 15.5 Å². The second-order valence-corrected chi connectivity index (χ2v) is 13.4. The molecule has 0 saturated carbocycles. The summed E-state index contributed by atoms with van der Waals surface area (Å²) >= 11 is 3.53. The number of halogens is 3. The molecule has 0 aliphatic carbocycles. The molecule has 1 atom stereocenters. The van der Waals surface area contributed by atoms with Gasteiger partial charge in [-0.1, -0.05) is 0 Å². The molecule has 0 aliphatic heterocycles. The van der Waals surface area contributed by atoms with E-state index in [1.54, 1.807) is 0 Å². The Labute approximate surface area is 179 Å². The minimum Gasteiger partial charge on any atom is -0.360 e. The molecule has 0 saturated heterocycles. The molecule has 2 aromatic heterocycles. The van der Waals surface area contributed by atoms with Gasteiger partial charge in [-0.25, -0.2) is 23.8 Å². The maximum Gasteiger partial charge on any atom is 0.142 e. The lowest BCUT2D eigenvalue weighted by Gasteiger charge is -2.24. The van der Waals surface area contributed by atoms with Crippen molar-refractivity contribution in [3.63, 3.8) is 0 Å². The third-order valence-corrected chi connectivity index (χ3v) is 6.54. The van der Waals surface area contributed by atoms with E-state index in [0.29, 0.717) is 24.6 Å². The van der Waals surface area contributed by atoms with Gasteiger partial charge in [0.15, 0.2) is 0 Å². The van der Waals surface area contributed by atoms with Gasteiger partial charge in [0, 0.05) is 27.9 Å². The fourth-order valence-corrected chi connectivity index (χ4v) is 4.26. The quantitative estimate of drug-likeness (QED) is 0.457. The van der Waals surface area contributed by atoms with Crippen molar-refractivity contribution in [3.05, 3.63) is 63.9 Å². The Kier molecular flexibility index (Phi) is 6.98. The summed E-state index contributed by atoms with van der Waals surface area (Å²) in [4.78, 5) is 4.73. The maximum atomic E-state index is 13.5. The highest BCUT2D eigenvalue weighted by Gasteiger charge is 2.16. The van der Waals surface area contributed by atoms with Crippen LogP contribution in [0.2, 0.25) is 0 Å². The Morgan fingerprint density at radius 3 is 2.52 bits per heavy atom. The van der Waals surface area contributed by atoms with Crippen LogP contribution in [0.5, 0.6) is 0 Å². The van der Waals surface area contributed by atoms with E-state index in [0.717, 1.165) is 27.3 Å². The number of fused-ring (bicyclic) bond motifs is 1. The molecule has 29 heavy (non-hydrogen) atoms. The Bertz CT molecular complexity index is 983. The van der Waals surface area contributed by atoms with Gasteiger partial charge in [0.1, 0.15) is 24.0 Å². The number of hydrogen-bond donors (Lipinski definition) is 1. The Balaban J connectivity index is 1.78. The fraction of sp³-hybridized carbons (Fsp3) is 0.381. The lowest BCUT2D eigenvalue weighted by Crippen LogP contribution is -2.16. The zero-order valence-electron chi connectivity index (χ0n) is 16.8. The molecule has 8 heteroatoms. The van der Waals surface area contributed by atoms with Crippen molar-refractivity contribution in [2.24, 2.45) is 5.73 Å². The first kappa shape index (κ1) is 22.2. The van der Waals surface area contributed by atoms with Crippen molar-refractivity contribution in [2.45, 2.75) is 19.2 Å². The van der Waals surface area contributed by atoms with Crippen LogP contribution < -0.4 is 5.73 Å². The highest BCUT2D eigenvalue weighted by atomic mass is 79.9. The molecule has 2 heterocycles. The number of nitrogens with zero attached hydrogens (tertiary/aromatic N) is 2. The third kappa shape index (κ3) is 6.01. The van der Waals surface area contributed by atoms with Gasteiger partial charge in [0.2, 0.25) is 0 Å². The molecule has 0 fully saturated rings. The molecule has 2 N–H and O–H groups in total. The largest absolute Gasteiger partial charge is 0.360 e. The minimum atomic E-state index is -0.613. The SMILES string of the molecule is CS(C)(C)CCOCn1ccc2cc(Br)c(C(N)Cc3cc(F)cc(F)c3)nc21. The van der Waals surface area contributed by atoms with Crippen LogP contribution in [0.25, 0.3) is 11.0 Å². The molecule has 1 unspecified atom stereocenters. The predicted molar refractivity (Wildman–Crippen MR) is 121 cm³/mol. The first-order valence-corrected chi connectivity index (χ1v) is 13.0. The summed E-state index contributed by atoms with van der Waals surface area (Å²) < 4.78 is 35.5. The Hall–Kier alpha value is -1.48. The van der Waals surface area contributed by atoms with Crippen molar-refractivity contribution in [1.82, 2.24) is 9.55 Å². The van der Waals surface area contributed by atoms with Crippen molar-refractivity contribution in [2.75, 3.05) is 31.1 Å². The molecule has 1 aromatic carbocycles. The molecule has 0 spiro atoms. The summed E-state index contributed by atoms with van der Waals surface area (Å²) in [6.45, 7) is 1.12. The number of pyridine rings is 1. The van der Waals surface area contributed by atoms with Gasteiger partial charge in [0.05, 0.1) is 18.3 Å². The van der Waals surface area contributed by atoms with Crippen LogP contribution in [-0.2, 0) is 17.9 Å². The average molecular weight is 486 g/mol. The van der Waals surface area contributed by atoms with Gasteiger partial charge in [-0.15, -0.1) is 0 Å². The van der Waals surface area contributed by atoms with E-state index in [-0.39, 0.29) is 6.42 Å². The lowest BCUT2D eigenvalue weighted by atomic mass is 10.0. The van der Waals surface area contributed by atoms with E-state index in [9.17, 15) is 8.78 Å². The smallest absolute Gasteiger partial charge is 0.142 e. The Morgan fingerprint density at radius 1 is 1.17 bits per heavy atom. The summed E-state index contributed by atoms with van der Waals surface area (Å²) in [5, 5.41) is 0.967. The van der Waals surface area contributed by atoms with Crippen LogP contribution in [0.3, 0.4) is 0 Å². The maximum absolute atomic E-state index is 13.5. The average Bonchev–Trinajstić information content (AvgIpc) is 2.98. The van der Waals surface area contributed by atoms with Crippen LogP contribution >= 0.6 is 26.0 Å². The predicted octanol–water partition coefficient (Wildman–Crippen LogP) is 4.99. The molecule has 0 amide bonds. The molecule has 0 aliphatic rings. The normalized spacial score (nSPS) is 13.8. The number of aromatic nitrogens is 2. The monoisotopic (exact) mass is 485 g/mol. The highest BCUT2D eigenvalue weighted by Crippen LogP contribution is 2.33. The van der Waals surface area contributed by atoms with E-state index >= 15 is 0 Å². The molecular weight excluding hydrogens is 460 g/mol.